The van der Waals surface area contributed by atoms with Crippen LogP contribution in [0.4, 0.5) is 17.2 Å². The summed E-state index contributed by atoms with van der Waals surface area (Å²) < 4.78 is 0. The molecule has 4 nitrogen and oxygen atoms in total. The molecule has 2 rings (SSSR count). The van der Waals surface area contributed by atoms with E-state index in [0.717, 1.165) is 23.2 Å². The molecule has 0 atom stereocenters. The van der Waals surface area contributed by atoms with Crippen LogP contribution in [-0.4, -0.2) is 18.3 Å². The highest BCUT2D eigenvalue weighted by Gasteiger charge is 2.05. The van der Waals surface area contributed by atoms with Gasteiger partial charge in [-0.25, -0.2) is 4.98 Å². The summed E-state index contributed by atoms with van der Waals surface area (Å²) in [4.78, 5) is 15.0. The molecule has 0 radical (unpaired) electrons. The van der Waals surface area contributed by atoms with Gasteiger partial charge in [0.05, 0.1) is 5.69 Å². The number of hydrogen-bond donors (Lipinski definition) is 2. The van der Waals surface area contributed by atoms with Crippen molar-refractivity contribution in [3.8, 4) is 0 Å². The fourth-order valence-electron chi connectivity index (χ4n) is 1.68. The van der Waals surface area contributed by atoms with E-state index in [0.29, 0.717) is 11.4 Å². The van der Waals surface area contributed by atoms with E-state index in [2.05, 4.69) is 15.6 Å². The molecular weight excluding hydrogens is 226 g/mol. The van der Waals surface area contributed by atoms with Crippen molar-refractivity contribution in [3.63, 3.8) is 0 Å². The van der Waals surface area contributed by atoms with Gasteiger partial charge in [0.25, 0.3) is 0 Å². The van der Waals surface area contributed by atoms with E-state index >= 15 is 0 Å². The van der Waals surface area contributed by atoms with Gasteiger partial charge in [-0.15, -0.1) is 0 Å². The highest BCUT2D eigenvalue weighted by molar-refractivity contribution is 5.81. The minimum Gasteiger partial charge on any atom is -0.385 e. The van der Waals surface area contributed by atoms with Gasteiger partial charge in [0, 0.05) is 24.5 Å². The normalized spacial score (nSPS) is 9.89. The summed E-state index contributed by atoms with van der Waals surface area (Å²) in [6, 6.07) is 9.74. The molecule has 18 heavy (non-hydrogen) atoms. The standard InChI is InChI=1S/C14H15N3O/c1-10-5-3-4-6-12(10)17-14-13(15-2)7-11(9-18)8-16-14/h3-9,15H,1-2H3,(H,16,17). The third-order valence-corrected chi connectivity index (χ3v) is 2.71. The van der Waals surface area contributed by atoms with E-state index in [9.17, 15) is 4.79 Å². The quantitative estimate of drug-likeness (QED) is 0.808. The summed E-state index contributed by atoms with van der Waals surface area (Å²) in [5, 5.41) is 6.28. The minimum absolute atomic E-state index is 0.551. The number of aromatic nitrogens is 1. The number of rotatable bonds is 4. The van der Waals surface area contributed by atoms with Gasteiger partial charge in [-0.2, -0.15) is 0 Å². The van der Waals surface area contributed by atoms with Crippen molar-refractivity contribution in [3.05, 3.63) is 47.7 Å². The Labute approximate surface area is 106 Å². The molecular formula is C14H15N3O. The molecule has 1 heterocycles. The van der Waals surface area contributed by atoms with Gasteiger partial charge < -0.3 is 10.6 Å². The van der Waals surface area contributed by atoms with Crippen LogP contribution in [0.25, 0.3) is 0 Å². The summed E-state index contributed by atoms with van der Waals surface area (Å²) >= 11 is 0. The molecule has 4 heteroatoms. The average molecular weight is 241 g/mol. The minimum atomic E-state index is 0.551. The first-order valence-corrected chi connectivity index (χ1v) is 5.70. The number of carbonyl (C=O) groups excluding carboxylic acids is 1. The molecule has 92 valence electrons. The van der Waals surface area contributed by atoms with Crippen LogP contribution in [0.3, 0.4) is 0 Å². The van der Waals surface area contributed by atoms with Crippen molar-refractivity contribution < 1.29 is 4.79 Å². The van der Waals surface area contributed by atoms with Crippen molar-refractivity contribution in [2.24, 2.45) is 0 Å². The summed E-state index contributed by atoms with van der Waals surface area (Å²) in [7, 11) is 1.80. The van der Waals surface area contributed by atoms with Gasteiger partial charge in [-0.1, -0.05) is 18.2 Å². The number of aryl methyl sites for hydroxylation is 1. The maximum Gasteiger partial charge on any atom is 0.153 e. The van der Waals surface area contributed by atoms with Gasteiger partial charge >= 0.3 is 0 Å². The predicted octanol–water partition coefficient (Wildman–Crippen LogP) is 2.99. The Balaban J connectivity index is 2.34. The Hall–Kier alpha value is -2.36. The van der Waals surface area contributed by atoms with E-state index in [-0.39, 0.29) is 0 Å². The molecule has 2 N–H and O–H groups in total. The van der Waals surface area contributed by atoms with Gasteiger partial charge in [-0.3, -0.25) is 4.79 Å². The first-order valence-electron chi connectivity index (χ1n) is 5.70. The van der Waals surface area contributed by atoms with E-state index < -0.39 is 0 Å². The maximum absolute atomic E-state index is 10.7. The molecule has 2 aromatic rings. The molecule has 0 aliphatic carbocycles. The number of nitrogens with zero attached hydrogens (tertiary/aromatic N) is 1. The van der Waals surface area contributed by atoms with Gasteiger partial charge in [-0.05, 0) is 24.6 Å². The van der Waals surface area contributed by atoms with Crippen LogP contribution in [0, 0.1) is 6.92 Å². The third-order valence-electron chi connectivity index (χ3n) is 2.71. The predicted molar refractivity (Wildman–Crippen MR) is 73.6 cm³/mol. The van der Waals surface area contributed by atoms with Crippen LogP contribution >= 0.6 is 0 Å². The molecule has 0 saturated heterocycles. The number of benzene rings is 1. The number of pyridine rings is 1. The Morgan fingerprint density at radius 2 is 2.00 bits per heavy atom. The molecule has 0 spiro atoms. The molecule has 1 aromatic carbocycles. The Bertz CT molecular complexity index is 567. The molecule has 0 amide bonds. The van der Waals surface area contributed by atoms with E-state index in [4.69, 9.17) is 0 Å². The fourth-order valence-corrected chi connectivity index (χ4v) is 1.68. The number of para-hydroxylation sites is 1. The largest absolute Gasteiger partial charge is 0.385 e. The highest BCUT2D eigenvalue weighted by Crippen LogP contribution is 2.25. The van der Waals surface area contributed by atoms with Crippen molar-refractivity contribution in [1.82, 2.24) is 4.98 Å². The van der Waals surface area contributed by atoms with Crippen molar-refractivity contribution in [1.29, 1.82) is 0 Å². The van der Waals surface area contributed by atoms with Crippen LogP contribution in [-0.2, 0) is 0 Å². The summed E-state index contributed by atoms with van der Waals surface area (Å²) in [6.45, 7) is 2.03. The van der Waals surface area contributed by atoms with Gasteiger partial charge in [0.1, 0.15) is 0 Å². The molecule has 0 unspecified atom stereocenters. The average Bonchev–Trinajstić information content (AvgIpc) is 2.41. The second kappa shape index (κ2) is 5.31. The molecule has 0 fully saturated rings. The first kappa shape index (κ1) is 12.1. The van der Waals surface area contributed by atoms with E-state index in [1.165, 1.54) is 0 Å². The Morgan fingerprint density at radius 3 is 2.67 bits per heavy atom. The third kappa shape index (κ3) is 2.48. The highest BCUT2D eigenvalue weighted by atomic mass is 16.1. The smallest absolute Gasteiger partial charge is 0.153 e. The van der Waals surface area contributed by atoms with Crippen molar-refractivity contribution in [2.45, 2.75) is 6.92 Å². The molecule has 0 saturated carbocycles. The molecule has 0 bridgehead atoms. The number of aldehydes is 1. The second-order valence-corrected chi connectivity index (χ2v) is 3.97. The maximum atomic E-state index is 10.7. The van der Waals surface area contributed by atoms with E-state index in [1.807, 2.05) is 31.2 Å². The monoisotopic (exact) mass is 241 g/mol. The number of nitrogens with one attached hydrogen (secondary N) is 2. The van der Waals surface area contributed by atoms with E-state index in [1.54, 1.807) is 19.3 Å². The lowest BCUT2D eigenvalue weighted by Crippen LogP contribution is -2.01. The summed E-state index contributed by atoms with van der Waals surface area (Å²) in [6.07, 6.45) is 2.33. The fraction of sp³-hybridized carbons (Fsp3) is 0.143. The lowest BCUT2D eigenvalue weighted by atomic mass is 10.2. The number of anilines is 3. The first-order chi connectivity index (χ1) is 8.74. The zero-order valence-corrected chi connectivity index (χ0v) is 10.4. The van der Waals surface area contributed by atoms with Crippen LogP contribution in [0.2, 0.25) is 0 Å². The lowest BCUT2D eigenvalue weighted by Gasteiger charge is -2.12. The van der Waals surface area contributed by atoms with Crippen molar-refractivity contribution in [2.75, 3.05) is 17.7 Å². The van der Waals surface area contributed by atoms with Crippen LogP contribution in [0.5, 0.6) is 0 Å². The SMILES string of the molecule is CNc1cc(C=O)cnc1Nc1ccccc1C. The second-order valence-electron chi connectivity index (χ2n) is 3.97. The number of carbonyl (C=O) groups is 1. The molecule has 1 aromatic heterocycles. The number of hydrogen-bond acceptors (Lipinski definition) is 4. The summed E-state index contributed by atoms with van der Waals surface area (Å²) in [5.74, 6) is 0.706. The molecule has 0 aliphatic heterocycles. The summed E-state index contributed by atoms with van der Waals surface area (Å²) in [5.41, 5.74) is 3.48. The lowest BCUT2D eigenvalue weighted by molar-refractivity contribution is 0.112. The molecule has 0 aliphatic rings. The zero-order chi connectivity index (χ0) is 13.0. The van der Waals surface area contributed by atoms with Gasteiger partial charge in [0.15, 0.2) is 12.1 Å². The van der Waals surface area contributed by atoms with Crippen LogP contribution in [0.15, 0.2) is 36.5 Å². The topological polar surface area (TPSA) is 54.0 Å². The Kier molecular flexibility index (Phi) is 3.57. The van der Waals surface area contributed by atoms with Gasteiger partial charge in [0.2, 0.25) is 0 Å². The zero-order valence-electron chi connectivity index (χ0n) is 10.4. The Morgan fingerprint density at radius 1 is 1.22 bits per heavy atom. The van der Waals surface area contributed by atoms with Crippen LogP contribution < -0.4 is 10.6 Å². The van der Waals surface area contributed by atoms with Crippen molar-refractivity contribution >= 4 is 23.5 Å². The van der Waals surface area contributed by atoms with Crippen LogP contribution in [0.1, 0.15) is 15.9 Å².